The molecular formula is C31H34F3N3O3. The third-order valence-electron chi connectivity index (χ3n) is 6.61. The monoisotopic (exact) mass is 553 g/mol. The Kier molecular flexibility index (Phi) is 9.14. The number of carbonyl (C=O) groups is 1. The summed E-state index contributed by atoms with van der Waals surface area (Å²) in [6, 6.07) is 17.0. The summed E-state index contributed by atoms with van der Waals surface area (Å²) in [6.45, 7) is 6.83. The number of carbonyl (C=O) groups excluding carboxylic acids is 1. The maximum absolute atomic E-state index is 14.2. The Morgan fingerprint density at radius 3 is 2.48 bits per heavy atom. The number of nitrogens with zero attached hydrogens (tertiary/aromatic N) is 2. The van der Waals surface area contributed by atoms with Crippen molar-refractivity contribution in [2.75, 3.05) is 25.5 Å². The van der Waals surface area contributed by atoms with Gasteiger partial charge in [0.15, 0.2) is 0 Å². The molecule has 0 spiro atoms. The van der Waals surface area contributed by atoms with Gasteiger partial charge in [-0.1, -0.05) is 48.5 Å². The molecule has 1 atom stereocenters. The van der Waals surface area contributed by atoms with E-state index in [0.29, 0.717) is 29.9 Å². The number of pyridine rings is 1. The number of ether oxygens (including phenoxy) is 2. The highest BCUT2D eigenvalue weighted by Crippen LogP contribution is 2.49. The molecule has 0 amide bonds. The summed E-state index contributed by atoms with van der Waals surface area (Å²) in [6.07, 6.45) is -2.82. The first-order chi connectivity index (χ1) is 19.1. The molecule has 6 nitrogen and oxygen atoms in total. The normalized spacial score (nSPS) is 15.2. The van der Waals surface area contributed by atoms with Gasteiger partial charge in [-0.3, -0.25) is 0 Å². The molecule has 2 aromatic carbocycles. The zero-order chi connectivity index (χ0) is 28.9. The zero-order valence-corrected chi connectivity index (χ0v) is 23.1. The number of hydrogen-bond donors (Lipinski definition) is 1. The van der Waals surface area contributed by atoms with Gasteiger partial charge in [0, 0.05) is 36.2 Å². The third kappa shape index (κ3) is 6.83. The fourth-order valence-electron chi connectivity index (χ4n) is 4.93. The van der Waals surface area contributed by atoms with E-state index >= 15 is 0 Å². The number of alkyl halides is 3. The van der Waals surface area contributed by atoms with E-state index in [1.807, 2.05) is 37.4 Å². The minimum atomic E-state index is -4.63. The Morgan fingerprint density at radius 1 is 1.07 bits per heavy atom. The standard InChI is InChI=1S/C31H34F3N3O3/c1-20(2)40-29-28-25(15-16-35-29)36-21(3)26(27(28)23-13-8-9-14-24(23)31(32,33)34)30(38)39-18-10-17-37(4)19-22-11-6-5-7-12-22/h5-9,11-16,20,27,36H,10,17-19H2,1-4H3. The summed E-state index contributed by atoms with van der Waals surface area (Å²) in [7, 11) is 1.98. The van der Waals surface area contributed by atoms with Crippen molar-refractivity contribution in [3.63, 3.8) is 0 Å². The lowest BCUT2D eigenvalue weighted by atomic mass is 9.79. The molecule has 0 aliphatic carbocycles. The molecule has 0 bridgehead atoms. The molecule has 0 saturated carbocycles. The van der Waals surface area contributed by atoms with E-state index in [0.717, 1.165) is 12.6 Å². The lowest BCUT2D eigenvalue weighted by Gasteiger charge is -2.32. The number of nitrogens with one attached hydrogen (secondary N) is 1. The molecule has 40 heavy (non-hydrogen) atoms. The first-order valence-corrected chi connectivity index (χ1v) is 13.2. The molecule has 0 radical (unpaired) electrons. The Morgan fingerprint density at radius 2 is 1.77 bits per heavy atom. The second kappa shape index (κ2) is 12.6. The maximum Gasteiger partial charge on any atom is 0.416 e. The molecule has 2 heterocycles. The van der Waals surface area contributed by atoms with E-state index < -0.39 is 23.6 Å². The van der Waals surface area contributed by atoms with Crippen LogP contribution in [0.3, 0.4) is 0 Å². The van der Waals surface area contributed by atoms with Crippen LogP contribution in [0.2, 0.25) is 0 Å². The van der Waals surface area contributed by atoms with Crippen LogP contribution in [0, 0.1) is 0 Å². The van der Waals surface area contributed by atoms with Crippen molar-refractivity contribution in [3.8, 4) is 5.88 Å². The smallest absolute Gasteiger partial charge is 0.416 e. The van der Waals surface area contributed by atoms with Crippen LogP contribution in [0.4, 0.5) is 18.9 Å². The molecule has 3 aromatic rings. The molecule has 0 saturated heterocycles. The maximum atomic E-state index is 14.2. The van der Waals surface area contributed by atoms with Gasteiger partial charge < -0.3 is 19.7 Å². The largest absolute Gasteiger partial charge is 0.475 e. The van der Waals surface area contributed by atoms with Crippen LogP contribution in [0.5, 0.6) is 5.88 Å². The van der Waals surface area contributed by atoms with Crippen molar-refractivity contribution in [3.05, 3.63) is 100 Å². The summed E-state index contributed by atoms with van der Waals surface area (Å²) in [5.74, 6) is -1.60. The Bertz CT molecular complexity index is 1360. The number of fused-ring (bicyclic) bond motifs is 1. The SMILES string of the molecule is CC1=C(C(=O)OCCCN(C)Cc2ccccc2)C(c2ccccc2C(F)(F)F)c2c(ccnc2OC(C)C)N1. The van der Waals surface area contributed by atoms with Gasteiger partial charge in [-0.05, 0) is 57.5 Å². The molecule has 1 aromatic heterocycles. The van der Waals surface area contributed by atoms with E-state index in [4.69, 9.17) is 9.47 Å². The predicted octanol–water partition coefficient (Wildman–Crippen LogP) is 6.78. The lowest BCUT2D eigenvalue weighted by Crippen LogP contribution is -2.28. The molecular weight excluding hydrogens is 519 g/mol. The Hall–Kier alpha value is -3.85. The Balaban J connectivity index is 1.62. The van der Waals surface area contributed by atoms with Gasteiger partial charge in [-0.2, -0.15) is 13.2 Å². The molecule has 212 valence electrons. The minimum Gasteiger partial charge on any atom is -0.475 e. The number of hydrogen-bond acceptors (Lipinski definition) is 6. The van der Waals surface area contributed by atoms with Gasteiger partial charge in [0.05, 0.1) is 29.8 Å². The van der Waals surface area contributed by atoms with Gasteiger partial charge in [0.1, 0.15) is 0 Å². The van der Waals surface area contributed by atoms with Gasteiger partial charge in [-0.25, -0.2) is 9.78 Å². The van der Waals surface area contributed by atoms with Crippen molar-refractivity contribution in [2.24, 2.45) is 0 Å². The fourth-order valence-corrected chi connectivity index (χ4v) is 4.93. The summed E-state index contributed by atoms with van der Waals surface area (Å²) in [5, 5.41) is 3.17. The van der Waals surface area contributed by atoms with Crippen molar-refractivity contribution in [1.82, 2.24) is 9.88 Å². The third-order valence-corrected chi connectivity index (χ3v) is 6.61. The van der Waals surface area contributed by atoms with E-state index in [-0.39, 0.29) is 29.7 Å². The van der Waals surface area contributed by atoms with Gasteiger partial charge in [0.2, 0.25) is 5.88 Å². The molecule has 9 heteroatoms. The number of aromatic nitrogens is 1. The summed E-state index contributed by atoms with van der Waals surface area (Å²) >= 11 is 0. The first kappa shape index (κ1) is 29.1. The van der Waals surface area contributed by atoms with Crippen LogP contribution in [-0.2, 0) is 22.3 Å². The lowest BCUT2D eigenvalue weighted by molar-refractivity contribution is -0.141. The molecule has 1 N–H and O–H groups in total. The van der Waals surface area contributed by atoms with Crippen LogP contribution in [0.25, 0.3) is 0 Å². The molecule has 1 aliphatic rings. The molecule has 0 fully saturated rings. The summed E-state index contributed by atoms with van der Waals surface area (Å²) < 4.78 is 54.2. The topological polar surface area (TPSA) is 63.7 Å². The summed E-state index contributed by atoms with van der Waals surface area (Å²) in [4.78, 5) is 20.0. The summed E-state index contributed by atoms with van der Waals surface area (Å²) in [5.41, 5.74) is 1.71. The highest BCUT2D eigenvalue weighted by molar-refractivity contribution is 5.95. The van der Waals surface area contributed by atoms with E-state index in [9.17, 15) is 18.0 Å². The molecule has 1 aliphatic heterocycles. The van der Waals surface area contributed by atoms with Crippen molar-refractivity contribution in [1.29, 1.82) is 0 Å². The highest BCUT2D eigenvalue weighted by Gasteiger charge is 2.42. The number of allylic oxidation sites excluding steroid dienone is 1. The first-order valence-electron chi connectivity index (χ1n) is 13.2. The molecule has 1 unspecified atom stereocenters. The van der Waals surface area contributed by atoms with Crippen LogP contribution in [-0.4, -0.2) is 42.2 Å². The average Bonchev–Trinajstić information content (AvgIpc) is 2.90. The Labute approximate surface area is 232 Å². The number of anilines is 1. The van der Waals surface area contributed by atoms with Gasteiger partial charge in [-0.15, -0.1) is 0 Å². The van der Waals surface area contributed by atoms with Crippen LogP contribution >= 0.6 is 0 Å². The van der Waals surface area contributed by atoms with Gasteiger partial charge >= 0.3 is 12.1 Å². The predicted molar refractivity (Wildman–Crippen MR) is 148 cm³/mol. The van der Waals surface area contributed by atoms with Crippen LogP contribution in [0.1, 0.15) is 55.4 Å². The van der Waals surface area contributed by atoms with Crippen molar-refractivity contribution >= 4 is 11.7 Å². The molecule has 4 rings (SSSR count). The fraction of sp³-hybridized carbons (Fsp3) is 0.355. The quantitative estimate of drug-likeness (QED) is 0.221. The van der Waals surface area contributed by atoms with Crippen LogP contribution in [0.15, 0.2) is 78.1 Å². The average molecular weight is 554 g/mol. The second-order valence-electron chi connectivity index (χ2n) is 10.1. The van der Waals surface area contributed by atoms with Crippen LogP contribution < -0.4 is 10.1 Å². The van der Waals surface area contributed by atoms with Gasteiger partial charge in [0.25, 0.3) is 0 Å². The van der Waals surface area contributed by atoms with E-state index in [1.165, 1.54) is 30.0 Å². The highest BCUT2D eigenvalue weighted by atomic mass is 19.4. The van der Waals surface area contributed by atoms with Crippen molar-refractivity contribution in [2.45, 2.75) is 51.9 Å². The number of halogens is 3. The minimum absolute atomic E-state index is 0.0618. The second-order valence-corrected chi connectivity index (χ2v) is 10.1. The van der Waals surface area contributed by atoms with Crippen molar-refractivity contribution < 1.29 is 27.4 Å². The number of esters is 1. The number of benzene rings is 2. The van der Waals surface area contributed by atoms with E-state index in [1.54, 1.807) is 26.8 Å². The number of rotatable bonds is 10. The zero-order valence-electron chi connectivity index (χ0n) is 23.1. The van der Waals surface area contributed by atoms with E-state index in [2.05, 4.69) is 15.2 Å².